The highest BCUT2D eigenvalue weighted by Gasteiger charge is 2.33. The quantitative estimate of drug-likeness (QED) is 0.409. The maximum Gasteiger partial charge on any atom is 0.273 e. The number of hydrogen-bond donors (Lipinski definition) is 1. The fourth-order valence-electron chi connectivity index (χ4n) is 4.00. The molecule has 0 bridgehead atoms. The van der Waals surface area contributed by atoms with Crippen molar-refractivity contribution in [2.24, 2.45) is 0 Å². The highest BCUT2D eigenvalue weighted by molar-refractivity contribution is 5.96. The van der Waals surface area contributed by atoms with Gasteiger partial charge in [-0.1, -0.05) is 42.0 Å². The molecule has 8 nitrogen and oxygen atoms in total. The van der Waals surface area contributed by atoms with Gasteiger partial charge < -0.3 is 24.4 Å². The van der Waals surface area contributed by atoms with E-state index in [9.17, 15) is 9.59 Å². The smallest absolute Gasteiger partial charge is 0.273 e. The molecule has 36 heavy (non-hydrogen) atoms. The number of ether oxygens (including phenoxy) is 3. The fourth-order valence-corrected chi connectivity index (χ4v) is 4.00. The van der Waals surface area contributed by atoms with Crippen molar-refractivity contribution in [3.63, 3.8) is 0 Å². The Morgan fingerprint density at radius 2 is 1.89 bits per heavy atom. The van der Waals surface area contributed by atoms with E-state index in [1.807, 2.05) is 56.3 Å². The number of carbonyl (C=O) groups is 2. The molecule has 0 unspecified atom stereocenters. The SMILES string of the molecule is CCOCCCNC(=O)[C@H](c1ccc(C)cc1)N(Cc1ccc2c(c1)OCO2)C(=O)c1ccccn1. The number of hydrogen-bond acceptors (Lipinski definition) is 6. The van der Waals surface area contributed by atoms with Crippen molar-refractivity contribution in [2.75, 3.05) is 26.6 Å². The van der Waals surface area contributed by atoms with E-state index >= 15 is 0 Å². The Hall–Kier alpha value is -3.91. The van der Waals surface area contributed by atoms with Crippen LogP contribution in [0.1, 0.15) is 46.6 Å². The van der Waals surface area contributed by atoms with Gasteiger partial charge in [-0.2, -0.15) is 0 Å². The van der Waals surface area contributed by atoms with Gasteiger partial charge in [0.25, 0.3) is 5.91 Å². The third-order valence-electron chi connectivity index (χ3n) is 5.86. The largest absolute Gasteiger partial charge is 0.454 e. The summed E-state index contributed by atoms with van der Waals surface area (Å²) < 4.78 is 16.3. The highest BCUT2D eigenvalue weighted by atomic mass is 16.7. The molecule has 2 heterocycles. The molecule has 1 aliphatic heterocycles. The second-order valence-corrected chi connectivity index (χ2v) is 8.49. The summed E-state index contributed by atoms with van der Waals surface area (Å²) in [5.41, 5.74) is 2.85. The van der Waals surface area contributed by atoms with Gasteiger partial charge >= 0.3 is 0 Å². The standard InChI is InChI=1S/C28H31N3O5/c1-3-34-16-6-15-30-27(32)26(22-11-8-20(2)9-12-22)31(28(33)23-7-4-5-14-29-23)18-21-10-13-24-25(17-21)36-19-35-24/h4-5,7-14,17,26H,3,6,15-16,18-19H2,1-2H3,(H,30,32)/t26-/m0/s1. The minimum atomic E-state index is -0.863. The molecule has 0 aliphatic carbocycles. The Morgan fingerprint density at radius 1 is 1.08 bits per heavy atom. The molecule has 1 N–H and O–H groups in total. The second kappa shape index (κ2) is 12.2. The molecule has 8 heteroatoms. The number of benzene rings is 2. The lowest BCUT2D eigenvalue weighted by Gasteiger charge is -2.31. The number of carbonyl (C=O) groups excluding carboxylic acids is 2. The van der Waals surface area contributed by atoms with E-state index < -0.39 is 6.04 Å². The van der Waals surface area contributed by atoms with Crippen LogP contribution in [0.4, 0.5) is 0 Å². The Labute approximate surface area is 211 Å². The van der Waals surface area contributed by atoms with E-state index in [0.717, 1.165) is 11.1 Å². The monoisotopic (exact) mass is 489 g/mol. The van der Waals surface area contributed by atoms with E-state index in [0.29, 0.717) is 43.2 Å². The molecule has 2 aromatic carbocycles. The molecule has 1 aromatic heterocycles. The molecule has 3 aromatic rings. The lowest BCUT2D eigenvalue weighted by atomic mass is 10.0. The van der Waals surface area contributed by atoms with Crippen molar-refractivity contribution in [3.05, 3.63) is 89.2 Å². The minimum absolute atomic E-state index is 0.158. The van der Waals surface area contributed by atoms with Gasteiger partial charge in [0.2, 0.25) is 12.7 Å². The number of fused-ring (bicyclic) bond motifs is 1. The van der Waals surface area contributed by atoms with Gasteiger partial charge in [-0.3, -0.25) is 14.6 Å². The summed E-state index contributed by atoms with van der Waals surface area (Å²) in [5.74, 6) is 0.664. The predicted molar refractivity (Wildman–Crippen MR) is 135 cm³/mol. The molecular formula is C28H31N3O5. The van der Waals surface area contributed by atoms with Gasteiger partial charge in [0, 0.05) is 32.5 Å². The maximum atomic E-state index is 13.8. The van der Waals surface area contributed by atoms with Crippen molar-refractivity contribution in [1.29, 1.82) is 0 Å². The van der Waals surface area contributed by atoms with Crippen molar-refractivity contribution >= 4 is 11.8 Å². The van der Waals surface area contributed by atoms with Crippen LogP contribution in [0.25, 0.3) is 0 Å². The van der Waals surface area contributed by atoms with Crippen LogP contribution in [0.15, 0.2) is 66.9 Å². The first kappa shape index (κ1) is 25.2. The Kier molecular flexibility index (Phi) is 8.52. The molecule has 0 radical (unpaired) electrons. The fraction of sp³-hybridized carbons (Fsp3) is 0.321. The number of nitrogens with zero attached hydrogens (tertiary/aromatic N) is 2. The van der Waals surface area contributed by atoms with Crippen molar-refractivity contribution < 1.29 is 23.8 Å². The third-order valence-corrected chi connectivity index (χ3v) is 5.86. The first-order chi connectivity index (χ1) is 17.6. The van der Waals surface area contributed by atoms with Crippen molar-refractivity contribution in [3.8, 4) is 11.5 Å². The molecule has 0 spiro atoms. The van der Waals surface area contributed by atoms with Crippen LogP contribution in [-0.4, -0.2) is 48.2 Å². The van der Waals surface area contributed by atoms with Gasteiger partial charge in [0.05, 0.1) is 0 Å². The Bertz CT molecular complexity index is 1170. The minimum Gasteiger partial charge on any atom is -0.454 e. The molecule has 188 valence electrons. The molecule has 4 rings (SSSR count). The van der Waals surface area contributed by atoms with Crippen LogP contribution in [0, 0.1) is 6.92 Å². The van der Waals surface area contributed by atoms with Gasteiger partial charge in [-0.15, -0.1) is 0 Å². The van der Waals surface area contributed by atoms with Gasteiger partial charge in [-0.05, 0) is 55.7 Å². The van der Waals surface area contributed by atoms with E-state index in [2.05, 4.69) is 10.3 Å². The molecule has 2 amide bonds. The number of amides is 2. The number of rotatable bonds is 11. The van der Waals surface area contributed by atoms with Crippen molar-refractivity contribution in [2.45, 2.75) is 32.9 Å². The van der Waals surface area contributed by atoms with Crippen LogP contribution in [-0.2, 0) is 16.1 Å². The third kappa shape index (κ3) is 6.20. The Balaban J connectivity index is 1.68. The molecule has 0 fully saturated rings. The van der Waals surface area contributed by atoms with E-state index in [1.165, 1.54) is 0 Å². The van der Waals surface area contributed by atoms with Crippen LogP contribution in [0.5, 0.6) is 11.5 Å². The van der Waals surface area contributed by atoms with Gasteiger partial charge in [0.15, 0.2) is 11.5 Å². The Morgan fingerprint density at radius 3 is 2.64 bits per heavy atom. The number of aryl methyl sites for hydroxylation is 1. The number of pyridine rings is 1. The number of aromatic nitrogens is 1. The summed E-state index contributed by atoms with van der Waals surface area (Å²) in [6, 6.07) is 17.5. The molecule has 0 saturated heterocycles. The van der Waals surface area contributed by atoms with E-state index in [-0.39, 0.29) is 30.8 Å². The summed E-state index contributed by atoms with van der Waals surface area (Å²) in [5, 5.41) is 2.99. The summed E-state index contributed by atoms with van der Waals surface area (Å²) in [6.07, 6.45) is 2.25. The first-order valence-corrected chi connectivity index (χ1v) is 12.1. The average molecular weight is 490 g/mol. The first-order valence-electron chi connectivity index (χ1n) is 12.1. The lowest BCUT2D eigenvalue weighted by molar-refractivity contribution is -0.126. The summed E-state index contributed by atoms with van der Waals surface area (Å²) >= 11 is 0. The molecular weight excluding hydrogens is 458 g/mol. The zero-order valence-electron chi connectivity index (χ0n) is 20.6. The zero-order valence-corrected chi connectivity index (χ0v) is 20.6. The highest BCUT2D eigenvalue weighted by Crippen LogP contribution is 2.34. The molecule has 1 atom stereocenters. The number of nitrogens with one attached hydrogen (secondary N) is 1. The summed E-state index contributed by atoms with van der Waals surface area (Å²) in [4.78, 5) is 33.2. The summed E-state index contributed by atoms with van der Waals surface area (Å²) in [6.45, 7) is 5.88. The van der Waals surface area contributed by atoms with Gasteiger partial charge in [-0.25, -0.2) is 0 Å². The van der Waals surface area contributed by atoms with Crippen LogP contribution < -0.4 is 14.8 Å². The molecule has 1 aliphatic rings. The predicted octanol–water partition coefficient (Wildman–Crippen LogP) is 4.05. The average Bonchev–Trinajstić information content (AvgIpc) is 3.37. The van der Waals surface area contributed by atoms with E-state index in [4.69, 9.17) is 14.2 Å². The molecule has 0 saturated carbocycles. The normalized spacial score (nSPS) is 12.7. The van der Waals surface area contributed by atoms with Crippen LogP contribution >= 0.6 is 0 Å². The van der Waals surface area contributed by atoms with Gasteiger partial charge in [0.1, 0.15) is 11.7 Å². The maximum absolute atomic E-state index is 13.8. The summed E-state index contributed by atoms with van der Waals surface area (Å²) in [7, 11) is 0. The van der Waals surface area contributed by atoms with Crippen LogP contribution in [0.2, 0.25) is 0 Å². The van der Waals surface area contributed by atoms with Crippen LogP contribution in [0.3, 0.4) is 0 Å². The van der Waals surface area contributed by atoms with Crippen molar-refractivity contribution in [1.82, 2.24) is 15.2 Å². The van der Waals surface area contributed by atoms with E-state index in [1.54, 1.807) is 29.3 Å². The lowest BCUT2D eigenvalue weighted by Crippen LogP contribution is -2.44. The zero-order chi connectivity index (χ0) is 25.3. The second-order valence-electron chi connectivity index (χ2n) is 8.49. The topological polar surface area (TPSA) is 90.0 Å².